The van der Waals surface area contributed by atoms with Gasteiger partial charge >= 0.3 is 0 Å². The van der Waals surface area contributed by atoms with Crippen LogP contribution in [0.25, 0.3) is 5.69 Å². The zero-order valence-electron chi connectivity index (χ0n) is 11.5. The third kappa shape index (κ3) is 2.85. The van der Waals surface area contributed by atoms with Crippen LogP contribution in [0.1, 0.15) is 16.1 Å². The van der Waals surface area contributed by atoms with E-state index in [1.807, 2.05) is 0 Å². The number of amides is 1. The van der Waals surface area contributed by atoms with Crippen molar-refractivity contribution in [3.63, 3.8) is 0 Å². The van der Waals surface area contributed by atoms with Crippen molar-refractivity contribution in [1.82, 2.24) is 14.7 Å². The van der Waals surface area contributed by atoms with Gasteiger partial charge in [-0.2, -0.15) is 5.10 Å². The Kier molecular flexibility index (Phi) is 4.14. The fraction of sp³-hybridized carbons (Fsp3) is 0.286. The summed E-state index contributed by atoms with van der Waals surface area (Å²) in [5.74, 6) is -0.605. The normalized spacial score (nSPS) is 10.6. The Morgan fingerprint density at radius 3 is 2.75 bits per heavy atom. The summed E-state index contributed by atoms with van der Waals surface area (Å²) in [7, 11) is 3.28. The molecule has 0 atom stereocenters. The molecule has 0 radical (unpaired) electrons. The van der Waals surface area contributed by atoms with E-state index < -0.39 is 0 Å². The van der Waals surface area contributed by atoms with Crippen LogP contribution < -0.4 is 5.73 Å². The fourth-order valence-electron chi connectivity index (χ4n) is 1.86. The van der Waals surface area contributed by atoms with E-state index in [-0.39, 0.29) is 17.4 Å². The molecule has 5 nitrogen and oxygen atoms in total. The van der Waals surface area contributed by atoms with Gasteiger partial charge < -0.3 is 10.6 Å². The summed E-state index contributed by atoms with van der Waals surface area (Å²) < 4.78 is 15.4. The van der Waals surface area contributed by atoms with E-state index in [0.717, 1.165) is 5.56 Å². The Labute approximate surface area is 116 Å². The van der Waals surface area contributed by atoms with Crippen molar-refractivity contribution < 1.29 is 9.18 Å². The van der Waals surface area contributed by atoms with Crippen LogP contribution in [0.5, 0.6) is 0 Å². The highest BCUT2D eigenvalue weighted by molar-refractivity contribution is 5.91. The lowest BCUT2D eigenvalue weighted by molar-refractivity contribution is 0.0821. The van der Waals surface area contributed by atoms with Crippen molar-refractivity contribution in [1.29, 1.82) is 0 Å². The van der Waals surface area contributed by atoms with Crippen LogP contribution in [0, 0.1) is 5.82 Å². The van der Waals surface area contributed by atoms with Crippen LogP contribution in [-0.4, -0.2) is 41.2 Å². The van der Waals surface area contributed by atoms with Crippen molar-refractivity contribution in [3.05, 3.63) is 47.5 Å². The monoisotopic (exact) mass is 276 g/mol. The van der Waals surface area contributed by atoms with Gasteiger partial charge in [-0.15, -0.1) is 0 Å². The topological polar surface area (TPSA) is 64.2 Å². The van der Waals surface area contributed by atoms with Crippen molar-refractivity contribution >= 4 is 5.91 Å². The first-order valence-electron chi connectivity index (χ1n) is 6.29. The lowest BCUT2D eigenvalue weighted by Crippen LogP contribution is -2.22. The summed E-state index contributed by atoms with van der Waals surface area (Å²) in [6.45, 7) is 0.474. The zero-order valence-corrected chi connectivity index (χ0v) is 11.5. The summed E-state index contributed by atoms with van der Waals surface area (Å²) >= 11 is 0. The maximum atomic E-state index is 14.0. The predicted molar refractivity (Wildman–Crippen MR) is 74.3 cm³/mol. The van der Waals surface area contributed by atoms with Gasteiger partial charge in [0.05, 0.1) is 0 Å². The molecule has 0 aliphatic carbocycles. The second kappa shape index (κ2) is 5.83. The standard InChI is InChI=1S/C14H17FN4O/c1-18(2)14(20)12-6-8-19(17-12)13-4-3-10(5-7-16)9-11(13)15/h3-4,6,8-9H,5,7,16H2,1-2H3. The molecule has 0 saturated heterocycles. The van der Waals surface area contributed by atoms with Crippen molar-refractivity contribution in [2.24, 2.45) is 5.73 Å². The number of halogens is 1. The van der Waals surface area contributed by atoms with Gasteiger partial charge in [0.25, 0.3) is 5.91 Å². The Morgan fingerprint density at radius 2 is 2.15 bits per heavy atom. The number of carbonyl (C=O) groups is 1. The van der Waals surface area contributed by atoms with Crippen molar-refractivity contribution in [2.75, 3.05) is 20.6 Å². The minimum atomic E-state index is -0.386. The van der Waals surface area contributed by atoms with Crippen LogP contribution in [0.3, 0.4) is 0 Å². The Balaban J connectivity index is 2.30. The summed E-state index contributed by atoms with van der Waals surface area (Å²) in [6, 6.07) is 6.45. The van der Waals surface area contributed by atoms with Crippen LogP contribution >= 0.6 is 0 Å². The average Bonchev–Trinajstić information content (AvgIpc) is 2.87. The van der Waals surface area contributed by atoms with Gasteiger partial charge in [0.2, 0.25) is 0 Å². The van der Waals surface area contributed by atoms with Crippen LogP contribution in [0.4, 0.5) is 4.39 Å². The van der Waals surface area contributed by atoms with Gasteiger partial charge in [-0.3, -0.25) is 4.79 Å². The molecule has 0 saturated carbocycles. The first-order valence-corrected chi connectivity index (χ1v) is 6.29. The maximum Gasteiger partial charge on any atom is 0.273 e. The Hall–Kier alpha value is -2.21. The number of hydrogen-bond donors (Lipinski definition) is 1. The first-order chi connectivity index (χ1) is 9.52. The van der Waals surface area contributed by atoms with Gasteiger partial charge in [0, 0.05) is 20.3 Å². The minimum Gasteiger partial charge on any atom is -0.343 e. The molecule has 0 fully saturated rings. The minimum absolute atomic E-state index is 0.219. The molecule has 2 N–H and O–H groups in total. The largest absolute Gasteiger partial charge is 0.343 e. The third-order valence-electron chi connectivity index (χ3n) is 2.91. The SMILES string of the molecule is CN(C)C(=O)c1ccn(-c2ccc(CCN)cc2F)n1. The number of nitrogens with zero attached hydrogens (tertiary/aromatic N) is 3. The van der Waals surface area contributed by atoms with E-state index in [4.69, 9.17) is 5.73 Å². The highest BCUT2D eigenvalue weighted by atomic mass is 19.1. The number of hydrogen-bond acceptors (Lipinski definition) is 3. The summed E-state index contributed by atoms with van der Waals surface area (Å²) in [6.07, 6.45) is 2.19. The van der Waals surface area contributed by atoms with Gasteiger partial charge in [-0.1, -0.05) is 6.07 Å². The van der Waals surface area contributed by atoms with Gasteiger partial charge in [-0.05, 0) is 36.7 Å². The highest BCUT2D eigenvalue weighted by Gasteiger charge is 2.13. The lowest BCUT2D eigenvalue weighted by Gasteiger charge is -2.08. The van der Waals surface area contributed by atoms with E-state index in [1.54, 1.807) is 38.5 Å². The molecule has 1 aromatic heterocycles. The molecule has 20 heavy (non-hydrogen) atoms. The number of carbonyl (C=O) groups excluding carboxylic acids is 1. The zero-order chi connectivity index (χ0) is 14.7. The quantitative estimate of drug-likeness (QED) is 0.913. The number of rotatable bonds is 4. The number of nitrogens with two attached hydrogens (primary N) is 1. The van der Waals surface area contributed by atoms with Crippen LogP contribution in [0.2, 0.25) is 0 Å². The van der Waals surface area contributed by atoms with Crippen molar-refractivity contribution in [3.8, 4) is 5.69 Å². The smallest absolute Gasteiger partial charge is 0.273 e. The van der Waals surface area contributed by atoms with E-state index in [9.17, 15) is 9.18 Å². The number of aromatic nitrogens is 2. The second-order valence-corrected chi connectivity index (χ2v) is 4.67. The summed E-state index contributed by atoms with van der Waals surface area (Å²) in [4.78, 5) is 13.2. The molecule has 6 heteroatoms. The number of benzene rings is 1. The molecule has 106 valence electrons. The molecule has 0 unspecified atom stereocenters. The first kappa shape index (κ1) is 14.2. The van der Waals surface area contributed by atoms with Crippen molar-refractivity contribution in [2.45, 2.75) is 6.42 Å². The molecular formula is C14H17FN4O. The molecule has 1 amide bonds. The molecule has 1 aromatic carbocycles. The van der Waals surface area contributed by atoms with Crippen LogP contribution in [0.15, 0.2) is 30.5 Å². The van der Waals surface area contributed by atoms with Crippen LogP contribution in [-0.2, 0) is 6.42 Å². The van der Waals surface area contributed by atoms with E-state index in [1.165, 1.54) is 15.6 Å². The molecule has 0 aliphatic heterocycles. The highest BCUT2D eigenvalue weighted by Crippen LogP contribution is 2.15. The average molecular weight is 276 g/mol. The maximum absolute atomic E-state index is 14.0. The molecule has 0 bridgehead atoms. The van der Waals surface area contributed by atoms with Gasteiger partial charge in [0.1, 0.15) is 11.5 Å². The molecule has 2 rings (SSSR count). The van der Waals surface area contributed by atoms with Gasteiger partial charge in [-0.25, -0.2) is 9.07 Å². The summed E-state index contributed by atoms with van der Waals surface area (Å²) in [5.41, 5.74) is 6.87. The van der Waals surface area contributed by atoms with E-state index in [2.05, 4.69) is 5.10 Å². The summed E-state index contributed by atoms with van der Waals surface area (Å²) in [5, 5.41) is 4.10. The van der Waals surface area contributed by atoms with Gasteiger partial charge in [0.15, 0.2) is 5.69 Å². The van der Waals surface area contributed by atoms with E-state index >= 15 is 0 Å². The van der Waals surface area contributed by atoms with E-state index in [0.29, 0.717) is 18.7 Å². The lowest BCUT2D eigenvalue weighted by atomic mass is 10.1. The fourth-order valence-corrected chi connectivity index (χ4v) is 1.86. The Bertz CT molecular complexity index is 621. The molecule has 1 heterocycles. The molecule has 0 aliphatic rings. The molecular weight excluding hydrogens is 259 g/mol. The predicted octanol–water partition coefficient (Wildman–Crippen LogP) is 1.21. The molecule has 0 spiro atoms. The molecule has 2 aromatic rings. The Morgan fingerprint density at radius 1 is 1.40 bits per heavy atom. The third-order valence-corrected chi connectivity index (χ3v) is 2.91. The second-order valence-electron chi connectivity index (χ2n) is 4.67.